The van der Waals surface area contributed by atoms with Gasteiger partial charge in [-0.05, 0) is 41.8 Å². The molecule has 6 heteroatoms. The fourth-order valence-electron chi connectivity index (χ4n) is 1.91. The van der Waals surface area contributed by atoms with E-state index >= 15 is 0 Å². The monoisotopic (exact) mass is 286 g/mol. The average molecular weight is 286 g/mol. The van der Waals surface area contributed by atoms with Crippen LogP contribution in [0.25, 0.3) is 0 Å². The number of hydrogen-bond acceptors (Lipinski definition) is 4. The molecule has 0 aromatic heterocycles. The Hall–Kier alpha value is -3.02. The number of ether oxygens (including phenoxy) is 2. The molecule has 0 atom stereocenters. The third-order valence-corrected chi connectivity index (χ3v) is 2.64. The van der Waals surface area contributed by atoms with Crippen molar-refractivity contribution in [1.82, 2.24) is 0 Å². The molecule has 0 bridgehead atoms. The molecule has 0 fully saturated rings. The molecule has 0 spiro atoms. The Kier molecular flexibility index (Phi) is 4.40. The fourth-order valence-corrected chi connectivity index (χ4v) is 1.91. The first kappa shape index (κ1) is 14.4. The van der Waals surface area contributed by atoms with Crippen LogP contribution < -0.4 is 20.9 Å². The summed E-state index contributed by atoms with van der Waals surface area (Å²) in [6, 6.07) is 14.0. The Bertz CT molecular complexity index is 613. The van der Waals surface area contributed by atoms with Gasteiger partial charge in [-0.3, -0.25) is 0 Å². The molecule has 0 unspecified atom stereocenters. The molecule has 2 aromatic carbocycles. The van der Waals surface area contributed by atoms with Crippen molar-refractivity contribution in [3.8, 4) is 11.5 Å². The van der Waals surface area contributed by atoms with E-state index in [1.807, 2.05) is 12.1 Å². The van der Waals surface area contributed by atoms with Crippen molar-refractivity contribution in [1.29, 1.82) is 0 Å². The fraction of sp³-hybridized carbons (Fsp3) is 0.0667. The molecule has 0 aliphatic heterocycles. The SMILES string of the molecule is NC(=O)Oc1cccc(Cc2cccc(OC(N)=O)c2)c1. The van der Waals surface area contributed by atoms with Crippen LogP contribution in [0.2, 0.25) is 0 Å². The van der Waals surface area contributed by atoms with Crippen LogP contribution in [-0.2, 0) is 6.42 Å². The van der Waals surface area contributed by atoms with E-state index in [0.29, 0.717) is 17.9 Å². The van der Waals surface area contributed by atoms with Gasteiger partial charge in [-0.1, -0.05) is 24.3 Å². The van der Waals surface area contributed by atoms with Gasteiger partial charge in [0, 0.05) is 0 Å². The molecular formula is C15H14N2O4. The van der Waals surface area contributed by atoms with Crippen LogP contribution in [0.15, 0.2) is 48.5 Å². The smallest absolute Gasteiger partial charge is 0.409 e. The quantitative estimate of drug-likeness (QED) is 0.898. The largest absolute Gasteiger partial charge is 0.410 e. The number of amides is 2. The highest BCUT2D eigenvalue weighted by Gasteiger charge is 2.04. The second-order valence-electron chi connectivity index (χ2n) is 4.31. The van der Waals surface area contributed by atoms with Gasteiger partial charge in [0.15, 0.2) is 0 Å². The molecule has 2 rings (SSSR count). The molecule has 0 saturated heterocycles. The second-order valence-corrected chi connectivity index (χ2v) is 4.31. The van der Waals surface area contributed by atoms with Crippen molar-refractivity contribution >= 4 is 12.2 Å². The zero-order valence-corrected chi connectivity index (χ0v) is 11.1. The summed E-state index contributed by atoms with van der Waals surface area (Å²) in [5.41, 5.74) is 11.8. The molecule has 0 saturated carbocycles. The minimum Gasteiger partial charge on any atom is -0.410 e. The van der Waals surface area contributed by atoms with Gasteiger partial charge in [0.05, 0.1) is 0 Å². The maximum Gasteiger partial charge on any atom is 0.409 e. The van der Waals surface area contributed by atoms with Crippen LogP contribution in [0.3, 0.4) is 0 Å². The molecule has 0 aliphatic carbocycles. The van der Waals surface area contributed by atoms with Gasteiger partial charge in [0.1, 0.15) is 11.5 Å². The van der Waals surface area contributed by atoms with E-state index in [9.17, 15) is 9.59 Å². The number of carbonyl (C=O) groups excluding carboxylic acids is 2. The Morgan fingerprint density at radius 2 is 1.24 bits per heavy atom. The summed E-state index contributed by atoms with van der Waals surface area (Å²) in [5.74, 6) is 0.758. The van der Waals surface area contributed by atoms with Crippen LogP contribution in [-0.4, -0.2) is 12.2 Å². The standard InChI is InChI=1S/C15H14N2O4/c16-14(18)20-12-5-1-3-10(8-12)7-11-4-2-6-13(9-11)21-15(17)19/h1-6,8-9H,7H2,(H2,16,18)(H2,17,19). The van der Waals surface area contributed by atoms with E-state index in [0.717, 1.165) is 11.1 Å². The summed E-state index contributed by atoms with van der Waals surface area (Å²) in [4.78, 5) is 21.5. The maximum atomic E-state index is 10.7. The predicted octanol–water partition coefficient (Wildman–Crippen LogP) is 2.19. The van der Waals surface area contributed by atoms with Crippen molar-refractivity contribution in [3.05, 3.63) is 59.7 Å². The highest BCUT2D eigenvalue weighted by Crippen LogP contribution is 2.19. The third-order valence-electron chi connectivity index (χ3n) is 2.64. The molecule has 21 heavy (non-hydrogen) atoms. The summed E-state index contributed by atoms with van der Waals surface area (Å²) in [6.07, 6.45) is -1.14. The Morgan fingerprint density at radius 1 is 0.810 bits per heavy atom. The van der Waals surface area contributed by atoms with E-state index in [4.69, 9.17) is 20.9 Å². The second kappa shape index (κ2) is 6.42. The molecule has 0 aliphatic rings. The normalized spacial score (nSPS) is 9.90. The third kappa shape index (κ3) is 4.54. The van der Waals surface area contributed by atoms with Gasteiger partial charge in [-0.2, -0.15) is 0 Å². The zero-order chi connectivity index (χ0) is 15.2. The van der Waals surface area contributed by atoms with E-state index in [1.54, 1.807) is 36.4 Å². The number of hydrogen-bond donors (Lipinski definition) is 2. The highest BCUT2D eigenvalue weighted by atomic mass is 16.6. The molecule has 4 N–H and O–H groups in total. The first-order valence-corrected chi connectivity index (χ1v) is 6.15. The summed E-state index contributed by atoms with van der Waals surface area (Å²) < 4.78 is 9.64. The first-order chi connectivity index (χ1) is 10.0. The van der Waals surface area contributed by atoms with Gasteiger partial charge >= 0.3 is 12.2 Å². The molecule has 0 heterocycles. The number of carbonyl (C=O) groups is 2. The number of benzene rings is 2. The number of primary amides is 2. The zero-order valence-electron chi connectivity index (χ0n) is 11.1. The summed E-state index contributed by atoms with van der Waals surface area (Å²) in [5, 5.41) is 0. The van der Waals surface area contributed by atoms with Crippen molar-refractivity contribution in [2.45, 2.75) is 6.42 Å². The lowest BCUT2D eigenvalue weighted by atomic mass is 10.0. The molecule has 108 valence electrons. The van der Waals surface area contributed by atoms with Crippen molar-refractivity contribution in [3.63, 3.8) is 0 Å². The maximum absolute atomic E-state index is 10.7. The van der Waals surface area contributed by atoms with Gasteiger partial charge in [0.2, 0.25) is 0 Å². The van der Waals surface area contributed by atoms with Crippen LogP contribution in [0, 0.1) is 0 Å². The van der Waals surface area contributed by atoms with E-state index in [2.05, 4.69) is 0 Å². The van der Waals surface area contributed by atoms with Crippen LogP contribution in [0.4, 0.5) is 9.59 Å². The van der Waals surface area contributed by atoms with Crippen molar-refractivity contribution in [2.75, 3.05) is 0 Å². The minimum atomic E-state index is -0.857. The van der Waals surface area contributed by atoms with E-state index in [1.165, 1.54) is 0 Å². The lowest BCUT2D eigenvalue weighted by molar-refractivity contribution is 0.210. The topological polar surface area (TPSA) is 105 Å². The Labute approximate surface area is 121 Å². The molecule has 6 nitrogen and oxygen atoms in total. The molecule has 2 aromatic rings. The van der Waals surface area contributed by atoms with Crippen LogP contribution >= 0.6 is 0 Å². The van der Waals surface area contributed by atoms with Gasteiger partial charge in [0.25, 0.3) is 0 Å². The summed E-state index contributed by atoms with van der Waals surface area (Å²) in [7, 11) is 0. The summed E-state index contributed by atoms with van der Waals surface area (Å²) in [6.45, 7) is 0. The number of rotatable bonds is 4. The molecule has 0 radical (unpaired) electrons. The van der Waals surface area contributed by atoms with Gasteiger partial charge < -0.3 is 20.9 Å². The molecule has 2 amide bonds. The van der Waals surface area contributed by atoms with Gasteiger partial charge in [-0.15, -0.1) is 0 Å². The van der Waals surface area contributed by atoms with Crippen LogP contribution in [0.5, 0.6) is 11.5 Å². The van der Waals surface area contributed by atoms with Gasteiger partial charge in [-0.25, -0.2) is 9.59 Å². The predicted molar refractivity (Wildman–Crippen MR) is 76.1 cm³/mol. The average Bonchev–Trinajstić information content (AvgIpc) is 2.37. The van der Waals surface area contributed by atoms with E-state index < -0.39 is 12.2 Å². The van der Waals surface area contributed by atoms with Crippen molar-refractivity contribution in [2.24, 2.45) is 11.5 Å². The summed E-state index contributed by atoms with van der Waals surface area (Å²) >= 11 is 0. The minimum absolute atomic E-state index is 0.379. The Balaban J connectivity index is 2.14. The highest BCUT2D eigenvalue weighted by molar-refractivity contribution is 5.68. The lowest BCUT2D eigenvalue weighted by Gasteiger charge is -2.07. The van der Waals surface area contributed by atoms with Crippen LogP contribution in [0.1, 0.15) is 11.1 Å². The van der Waals surface area contributed by atoms with E-state index in [-0.39, 0.29) is 0 Å². The number of nitrogens with two attached hydrogens (primary N) is 2. The Morgan fingerprint density at radius 3 is 1.62 bits per heavy atom. The first-order valence-electron chi connectivity index (χ1n) is 6.15. The lowest BCUT2D eigenvalue weighted by Crippen LogP contribution is -2.16. The van der Waals surface area contributed by atoms with Crippen molar-refractivity contribution < 1.29 is 19.1 Å². The molecular weight excluding hydrogens is 272 g/mol.